The van der Waals surface area contributed by atoms with Crippen LogP contribution in [0.1, 0.15) is 16.1 Å². The fourth-order valence-corrected chi connectivity index (χ4v) is 4.11. The number of anilines is 4. The lowest BCUT2D eigenvalue weighted by atomic mass is 10.1. The molecule has 4 aromatic heterocycles. The molecule has 192 valence electrons. The molecule has 0 saturated carbocycles. The largest absolute Gasteiger partial charge is 0.434 e. The van der Waals surface area contributed by atoms with Gasteiger partial charge in [-0.25, -0.2) is 15.5 Å². The third-order valence-electron chi connectivity index (χ3n) is 5.53. The second kappa shape index (κ2) is 9.61. The highest BCUT2D eigenvalue weighted by atomic mass is 35.5. The fourth-order valence-electron chi connectivity index (χ4n) is 3.85. The van der Waals surface area contributed by atoms with Gasteiger partial charge in [-0.1, -0.05) is 17.7 Å². The van der Waals surface area contributed by atoms with E-state index < -0.39 is 23.3 Å². The number of carbonyl (C=O) groups is 1. The van der Waals surface area contributed by atoms with E-state index in [-0.39, 0.29) is 27.9 Å². The van der Waals surface area contributed by atoms with Crippen LogP contribution in [-0.4, -0.2) is 30.6 Å². The molecule has 38 heavy (non-hydrogen) atoms. The van der Waals surface area contributed by atoms with Crippen LogP contribution >= 0.6 is 11.6 Å². The SMILES string of the molecule is Nc1cnccc1N(N)c1ncc(NC(=O)c2cnn(-c3cccc4ncccc34)c2C(F)(F)F)cc1Cl. The van der Waals surface area contributed by atoms with E-state index in [9.17, 15) is 18.0 Å². The number of hydrogen-bond donors (Lipinski definition) is 3. The quantitative estimate of drug-likeness (QED) is 0.215. The number of nitrogen functional groups attached to an aromatic ring is 1. The van der Waals surface area contributed by atoms with E-state index in [1.807, 2.05) is 0 Å². The van der Waals surface area contributed by atoms with Crippen molar-refractivity contribution in [3.63, 3.8) is 0 Å². The van der Waals surface area contributed by atoms with E-state index in [4.69, 9.17) is 23.2 Å². The first kappa shape index (κ1) is 24.9. The molecule has 0 radical (unpaired) electrons. The van der Waals surface area contributed by atoms with Crippen LogP contribution in [0.2, 0.25) is 5.02 Å². The molecule has 4 heterocycles. The Morgan fingerprint density at radius 2 is 1.87 bits per heavy atom. The van der Waals surface area contributed by atoms with Crippen molar-refractivity contribution < 1.29 is 18.0 Å². The number of halogens is 4. The number of alkyl halides is 3. The predicted molar refractivity (Wildman–Crippen MR) is 136 cm³/mol. The molecule has 5 aromatic rings. The third-order valence-corrected chi connectivity index (χ3v) is 5.81. The average Bonchev–Trinajstić information content (AvgIpc) is 3.34. The van der Waals surface area contributed by atoms with Gasteiger partial charge in [0.05, 0.1) is 57.4 Å². The molecule has 14 heteroatoms. The van der Waals surface area contributed by atoms with Crippen LogP contribution in [0.25, 0.3) is 16.6 Å². The van der Waals surface area contributed by atoms with Crippen molar-refractivity contribution in [2.24, 2.45) is 5.84 Å². The zero-order valence-corrected chi connectivity index (χ0v) is 19.9. The first-order chi connectivity index (χ1) is 18.1. The Morgan fingerprint density at radius 1 is 1.05 bits per heavy atom. The van der Waals surface area contributed by atoms with Gasteiger partial charge in [-0.15, -0.1) is 0 Å². The number of rotatable bonds is 5. The molecule has 0 atom stereocenters. The molecule has 0 aliphatic heterocycles. The molecule has 5 N–H and O–H groups in total. The number of nitrogens with two attached hydrogens (primary N) is 2. The first-order valence-electron chi connectivity index (χ1n) is 10.9. The number of carbonyl (C=O) groups excluding carboxylic acids is 1. The van der Waals surface area contributed by atoms with E-state index >= 15 is 0 Å². The normalized spacial score (nSPS) is 11.5. The lowest BCUT2D eigenvalue weighted by molar-refractivity contribution is -0.143. The summed E-state index contributed by atoms with van der Waals surface area (Å²) >= 11 is 6.31. The van der Waals surface area contributed by atoms with Gasteiger partial charge in [0.2, 0.25) is 0 Å². The average molecular weight is 540 g/mol. The Bertz CT molecular complexity index is 1670. The Balaban J connectivity index is 1.48. The summed E-state index contributed by atoms with van der Waals surface area (Å²) < 4.78 is 43.3. The maximum atomic E-state index is 14.2. The predicted octanol–water partition coefficient (Wildman–Crippen LogP) is 4.73. The van der Waals surface area contributed by atoms with E-state index in [0.717, 1.165) is 11.2 Å². The molecule has 0 aliphatic rings. The van der Waals surface area contributed by atoms with E-state index in [0.29, 0.717) is 21.3 Å². The zero-order valence-electron chi connectivity index (χ0n) is 19.2. The minimum Gasteiger partial charge on any atom is -0.396 e. The highest BCUT2D eigenvalue weighted by Crippen LogP contribution is 2.36. The number of aromatic nitrogens is 5. The van der Waals surface area contributed by atoms with Gasteiger partial charge in [0.15, 0.2) is 11.5 Å². The molecule has 1 amide bonds. The van der Waals surface area contributed by atoms with Gasteiger partial charge in [0, 0.05) is 17.8 Å². The van der Waals surface area contributed by atoms with Gasteiger partial charge in [-0.3, -0.25) is 19.8 Å². The van der Waals surface area contributed by atoms with Crippen molar-refractivity contribution in [1.82, 2.24) is 24.7 Å². The minimum atomic E-state index is -4.90. The number of amides is 1. The summed E-state index contributed by atoms with van der Waals surface area (Å²) in [6.45, 7) is 0. The molecule has 0 aliphatic carbocycles. The number of benzene rings is 1. The van der Waals surface area contributed by atoms with Gasteiger partial charge in [-0.05, 0) is 36.4 Å². The van der Waals surface area contributed by atoms with Crippen LogP contribution in [-0.2, 0) is 6.18 Å². The molecule has 5 rings (SSSR count). The Hall–Kier alpha value is -4.75. The van der Waals surface area contributed by atoms with Gasteiger partial charge in [0.1, 0.15) is 0 Å². The molecule has 0 saturated heterocycles. The summed E-state index contributed by atoms with van der Waals surface area (Å²) in [6.07, 6.45) is 1.54. The zero-order chi connectivity index (χ0) is 27.0. The maximum Gasteiger partial charge on any atom is 0.434 e. The summed E-state index contributed by atoms with van der Waals surface area (Å²) in [5.41, 5.74) is 5.21. The van der Waals surface area contributed by atoms with Crippen LogP contribution in [0.3, 0.4) is 0 Å². The van der Waals surface area contributed by atoms with Crippen molar-refractivity contribution in [3.05, 3.63) is 89.7 Å². The molecule has 0 spiro atoms. The van der Waals surface area contributed by atoms with E-state index in [2.05, 4.69) is 25.4 Å². The standard InChI is InChI=1S/C24H17ClF3N9O/c25-16-9-13(10-33-22(16)36(30)20-6-8-31-12-17(20)29)35-23(38)15-11-34-37(21(15)24(26,27)28)19-5-1-4-18-14(19)3-2-7-32-18/h1-12H,29-30H2,(H,35,38). The van der Waals surface area contributed by atoms with Crippen LogP contribution in [0.15, 0.2) is 73.4 Å². The smallest absolute Gasteiger partial charge is 0.396 e. The van der Waals surface area contributed by atoms with Crippen molar-refractivity contribution in [2.45, 2.75) is 6.18 Å². The van der Waals surface area contributed by atoms with E-state index in [1.54, 1.807) is 30.3 Å². The summed E-state index contributed by atoms with van der Waals surface area (Å²) in [5, 5.41) is 7.84. The van der Waals surface area contributed by atoms with Gasteiger partial charge >= 0.3 is 6.18 Å². The Kier molecular flexibility index (Phi) is 6.30. The fraction of sp³-hybridized carbons (Fsp3) is 0.0417. The van der Waals surface area contributed by atoms with Crippen LogP contribution in [0.4, 0.5) is 36.1 Å². The highest BCUT2D eigenvalue weighted by molar-refractivity contribution is 6.33. The third kappa shape index (κ3) is 4.55. The summed E-state index contributed by atoms with van der Waals surface area (Å²) in [6, 6.07) is 10.7. The Morgan fingerprint density at radius 3 is 2.61 bits per heavy atom. The number of pyridine rings is 3. The number of hydrogen-bond acceptors (Lipinski definition) is 8. The van der Waals surface area contributed by atoms with Gasteiger partial charge in [-0.2, -0.15) is 18.3 Å². The Labute approximate surface area is 217 Å². The van der Waals surface area contributed by atoms with Crippen LogP contribution < -0.4 is 21.9 Å². The molecule has 0 bridgehead atoms. The molecule has 0 unspecified atom stereocenters. The number of nitrogens with zero attached hydrogens (tertiary/aromatic N) is 6. The summed E-state index contributed by atoms with van der Waals surface area (Å²) in [5.74, 6) is 5.11. The second-order valence-corrected chi connectivity index (χ2v) is 8.36. The second-order valence-electron chi connectivity index (χ2n) is 7.95. The molecular formula is C24H17ClF3N9O. The lowest BCUT2D eigenvalue weighted by Gasteiger charge is -2.20. The van der Waals surface area contributed by atoms with Crippen LogP contribution in [0.5, 0.6) is 0 Å². The van der Waals surface area contributed by atoms with Gasteiger partial charge < -0.3 is 11.1 Å². The van der Waals surface area contributed by atoms with E-state index in [1.165, 1.54) is 36.9 Å². The highest BCUT2D eigenvalue weighted by Gasteiger charge is 2.41. The minimum absolute atomic E-state index is 0.0107. The van der Waals surface area contributed by atoms with Crippen molar-refractivity contribution >= 4 is 51.3 Å². The molecule has 1 aromatic carbocycles. The van der Waals surface area contributed by atoms with Crippen molar-refractivity contribution in [1.29, 1.82) is 0 Å². The molecule has 10 nitrogen and oxygen atoms in total. The molecule has 0 fully saturated rings. The summed E-state index contributed by atoms with van der Waals surface area (Å²) in [7, 11) is 0. The molecular weight excluding hydrogens is 523 g/mol. The topological polar surface area (TPSA) is 141 Å². The number of nitrogens with one attached hydrogen (secondary N) is 1. The van der Waals surface area contributed by atoms with Crippen molar-refractivity contribution in [3.8, 4) is 5.69 Å². The monoisotopic (exact) mass is 539 g/mol. The first-order valence-corrected chi connectivity index (χ1v) is 11.2. The maximum absolute atomic E-state index is 14.2. The van der Waals surface area contributed by atoms with Gasteiger partial charge in [0.25, 0.3) is 5.91 Å². The summed E-state index contributed by atoms with van der Waals surface area (Å²) in [4.78, 5) is 25.2. The lowest BCUT2D eigenvalue weighted by Crippen LogP contribution is -2.27. The van der Waals surface area contributed by atoms with Crippen molar-refractivity contribution in [2.75, 3.05) is 16.1 Å². The number of fused-ring (bicyclic) bond motifs is 1. The number of hydrazine groups is 1. The van der Waals surface area contributed by atoms with Crippen LogP contribution in [0, 0.1) is 0 Å².